The van der Waals surface area contributed by atoms with E-state index in [0.717, 1.165) is 12.1 Å². The molecule has 1 unspecified atom stereocenters. The number of hydrogen-bond donors (Lipinski definition) is 1. The topological polar surface area (TPSA) is 29.3 Å². The number of rotatable bonds is 5. The van der Waals surface area contributed by atoms with E-state index < -0.39 is 0 Å². The van der Waals surface area contributed by atoms with E-state index in [9.17, 15) is 4.39 Å². The van der Waals surface area contributed by atoms with Crippen molar-refractivity contribution in [1.29, 1.82) is 0 Å². The van der Waals surface area contributed by atoms with Crippen molar-refractivity contribution in [2.24, 2.45) is 5.73 Å². The second-order valence-electron chi connectivity index (χ2n) is 4.23. The van der Waals surface area contributed by atoms with Crippen molar-refractivity contribution in [3.63, 3.8) is 0 Å². The van der Waals surface area contributed by atoms with E-state index in [4.69, 9.17) is 5.73 Å². The molecule has 0 radical (unpaired) electrons. The largest absolute Gasteiger partial charge is 0.329 e. The minimum atomic E-state index is -0.202. The molecule has 0 bridgehead atoms. The van der Waals surface area contributed by atoms with Gasteiger partial charge < -0.3 is 5.73 Å². The van der Waals surface area contributed by atoms with Crippen molar-refractivity contribution in [3.05, 3.63) is 35.6 Å². The van der Waals surface area contributed by atoms with E-state index in [1.54, 1.807) is 0 Å². The SMILES string of the molecule is CCN(C(C)C)C(CN)c1ccc(F)cc1. The zero-order chi connectivity index (χ0) is 12.1. The molecule has 1 aromatic carbocycles. The van der Waals surface area contributed by atoms with Gasteiger partial charge in [-0.1, -0.05) is 19.1 Å². The normalized spacial score (nSPS) is 13.4. The van der Waals surface area contributed by atoms with Crippen molar-refractivity contribution >= 4 is 0 Å². The Morgan fingerprint density at radius 1 is 1.25 bits per heavy atom. The summed E-state index contributed by atoms with van der Waals surface area (Å²) in [5, 5.41) is 0. The highest BCUT2D eigenvalue weighted by Gasteiger charge is 2.19. The molecule has 0 aromatic heterocycles. The van der Waals surface area contributed by atoms with Gasteiger partial charge in [-0.25, -0.2) is 4.39 Å². The van der Waals surface area contributed by atoms with Gasteiger partial charge in [0.2, 0.25) is 0 Å². The highest BCUT2D eigenvalue weighted by Crippen LogP contribution is 2.21. The molecule has 0 saturated carbocycles. The highest BCUT2D eigenvalue weighted by molar-refractivity contribution is 5.20. The van der Waals surface area contributed by atoms with Crippen LogP contribution in [-0.2, 0) is 0 Å². The van der Waals surface area contributed by atoms with Crippen LogP contribution in [-0.4, -0.2) is 24.0 Å². The Bertz CT molecular complexity index is 308. The van der Waals surface area contributed by atoms with E-state index in [-0.39, 0.29) is 11.9 Å². The summed E-state index contributed by atoms with van der Waals surface area (Å²) in [5.74, 6) is -0.202. The minimum absolute atomic E-state index is 0.172. The van der Waals surface area contributed by atoms with Gasteiger partial charge in [0, 0.05) is 18.6 Å². The Kier molecular flexibility index (Phi) is 4.90. The molecule has 0 aliphatic carbocycles. The first-order valence-corrected chi connectivity index (χ1v) is 5.81. The van der Waals surface area contributed by atoms with Crippen LogP contribution >= 0.6 is 0 Å². The lowest BCUT2D eigenvalue weighted by molar-refractivity contribution is 0.166. The van der Waals surface area contributed by atoms with Gasteiger partial charge in [-0.15, -0.1) is 0 Å². The maximum atomic E-state index is 12.9. The van der Waals surface area contributed by atoms with E-state index in [1.807, 2.05) is 12.1 Å². The van der Waals surface area contributed by atoms with Crippen molar-refractivity contribution in [3.8, 4) is 0 Å². The summed E-state index contributed by atoms with van der Waals surface area (Å²) in [6, 6.07) is 7.22. The van der Waals surface area contributed by atoms with Gasteiger partial charge in [-0.2, -0.15) is 0 Å². The van der Waals surface area contributed by atoms with E-state index >= 15 is 0 Å². The molecule has 0 spiro atoms. The zero-order valence-electron chi connectivity index (χ0n) is 10.3. The second-order valence-corrected chi connectivity index (χ2v) is 4.23. The molecule has 2 N–H and O–H groups in total. The molecule has 1 aromatic rings. The molecular weight excluding hydrogens is 203 g/mol. The van der Waals surface area contributed by atoms with Crippen LogP contribution in [0.15, 0.2) is 24.3 Å². The molecule has 0 amide bonds. The number of nitrogens with two attached hydrogens (primary N) is 1. The molecule has 2 nitrogen and oxygen atoms in total. The standard InChI is InChI=1S/C13H21FN2/c1-4-16(10(2)3)13(9-15)11-5-7-12(14)8-6-11/h5-8,10,13H,4,9,15H2,1-3H3. The first-order chi connectivity index (χ1) is 7.60. The maximum absolute atomic E-state index is 12.9. The molecule has 0 aliphatic rings. The lowest BCUT2D eigenvalue weighted by Crippen LogP contribution is -2.38. The van der Waals surface area contributed by atoms with Gasteiger partial charge in [0.05, 0.1) is 0 Å². The summed E-state index contributed by atoms with van der Waals surface area (Å²) < 4.78 is 12.9. The van der Waals surface area contributed by atoms with Crippen molar-refractivity contribution in [1.82, 2.24) is 4.90 Å². The first kappa shape index (κ1) is 13.1. The monoisotopic (exact) mass is 224 g/mol. The molecule has 0 aliphatic heterocycles. The van der Waals surface area contributed by atoms with Crippen LogP contribution in [0.5, 0.6) is 0 Å². The Balaban J connectivity index is 2.92. The maximum Gasteiger partial charge on any atom is 0.123 e. The van der Waals surface area contributed by atoms with Gasteiger partial charge in [0.25, 0.3) is 0 Å². The van der Waals surface area contributed by atoms with Crippen LogP contribution in [0.3, 0.4) is 0 Å². The lowest BCUT2D eigenvalue weighted by atomic mass is 10.0. The molecule has 90 valence electrons. The van der Waals surface area contributed by atoms with Crippen molar-refractivity contribution in [2.75, 3.05) is 13.1 Å². The van der Waals surface area contributed by atoms with Gasteiger partial charge in [0.15, 0.2) is 0 Å². The molecule has 16 heavy (non-hydrogen) atoms. The van der Waals surface area contributed by atoms with Gasteiger partial charge in [-0.3, -0.25) is 4.90 Å². The van der Waals surface area contributed by atoms with Crippen LogP contribution in [0.1, 0.15) is 32.4 Å². The number of likely N-dealkylation sites (N-methyl/N-ethyl adjacent to an activating group) is 1. The number of hydrogen-bond acceptors (Lipinski definition) is 2. The molecule has 0 fully saturated rings. The van der Waals surface area contributed by atoms with Crippen LogP contribution < -0.4 is 5.73 Å². The summed E-state index contributed by atoms with van der Waals surface area (Å²) in [6.45, 7) is 7.91. The second kappa shape index (κ2) is 5.97. The smallest absolute Gasteiger partial charge is 0.123 e. The minimum Gasteiger partial charge on any atom is -0.329 e. The summed E-state index contributed by atoms with van der Waals surface area (Å²) in [4.78, 5) is 2.31. The molecule has 3 heteroatoms. The van der Waals surface area contributed by atoms with Gasteiger partial charge >= 0.3 is 0 Å². The van der Waals surface area contributed by atoms with Crippen LogP contribution in [0.4, 0.5) is 4.39 Å². The third-order valence-corrected chi connectivity index (χ3v) is 2.91. The van der Waals surface area contributed by atoms with Crippen LogP contribution in [0, 0.1) is 5.82 Å². The number of halogens is 1. The Morgan fingerprint density at radius 2 is 1.81 bits per heavy atom. The zero-order valence-corrected chi connectivity index (χ0v) is 10.3. The van der Waals surface area contributed by atoms with E-state index in [1.165, 1.54) is 12.1 Å². The fourth-order valence-corrected chi connectivity index (χ4v) is 2.09. The molecule has 1 atom stereocenters. The van der Waals surface area contributed by atoms with E-state index in [2.05, 4.69) is 25.7 Å². The summed E-state index contributed by atoms with van der Waals surface area (Å²) in [7, 11) is 0. The molecule has 0 heterocycles. The summed E-state index contributed by atoms with van der Waals surface area (Å²) in [6.07, 6.45) is 0. The fourth-order valence-electron chi connectivity index (χ4n) is 2.09. The Labute approximate surface area is 97.3 Å². The van der Waals surface area contributed by atoms with Gasteiger partial charge in [0.1, 0.15) is 5.82 Å². The molecule has 0 saturated heterocycles. The quantitative estimate of drug-likeness (QED) is 0.833. The summed E-state index contributed by atoms with van der Waals surface area (Å²) in [5.41, 5.74) is 6.90. The Morgan fingerprint density at radius 3 is 2.19 bits per heavy atom. The van der Waals surface area contributed by atoms with E-state index in [0.29, 0.717) is 12.6 Å². The average Bonchev–Trinajstić information content (AvgIpc) is 2.26. The average molecular weight is 224 g/mol. The number of benzene rings is 1. The van der Waals surface area contributed by atoms with Crippen LogP contribution in [0.25, 0.3) is 0 Å². The third kappa shape index (κ3) is 3.03. The first-order valence-electron chi connectivity index (χ1n) is 5.81. The summed E-state index contributed by atoms with van der Waals surface area (Å²) >= 11 is 0. The Hall–Kier alpha value is -0.930. The lowest BCUT2D eigenvalue weighted by Gasteiger charge is -2.33. The van der Waals surface area contributed by atoms with Crippen LogP contribution in [0.2, 0.25) is 0 Å². The number of nitrogens with zero attached hydrogens (tertiary/aromatic N) is 1. The molecule has 1 rings (SSSR count). The highest BCUT2D eigenvalue weighted by atomic mass is 19.1. The van der Waals surface area contributed by atoms with Gasteiger partial charge in [-0.05, 0) is 38.1 Å². The predicted molar refractivity (Wildman–Crippen MR) is 65.7 cm³/mol. The van der Waals surface area contributed by atoms with Crippen molar-refractivity contribution in [2.45, 2.75) is 32.9 Å². The predicted octanol–water partition coefficient (Wildman–Crippen LogP) is 2.56. The third-order valence-electron chi connectivity index (χ3n) is 2.91. The fraction of sp³-hybridized carbons (Fsp3) is 0.538. The van der Waals surface area contributed by atoms with Crippen molar-refractivity contribution < 1.29 is 4.39 Å². The molecular formula is C13H21FN2.